The summed E-state index contributed by atoms with van der Waals surface area (Å²) in [6.45, 7) is 9.35. The number of hydrogen-bond acceptors (Lipinski definition) is 4. The molecule has 0 saturated heterocycles. The highest BCUT2D eigenvalue weighted by atomic mass is 32.2. The number of carbonyl (C=O) groups excluding carboxylic acids is 2. The SMILES string of the molecule is CCc1ccccc1N(CC(=O)N(Cc1ccccc1)[C@@H](CC)C(=O)N[C@@H](C)CC)S(=O)(=O)c1ccc(C)cc1. The Morgan fingerprint density at radius 2 is 1.48 bits per heavy atom. The van der Waals surface area contributed by atoms with E-state index in [0.717, 1.165) is 23.1 Å². The standard InChI is InChI=1S/C32H41N3O4S/c1-6-25(5)33-32(37)29(8-3)34(22-26-14-10-9-11-15-26)31(36)23-35(30-17-13-12-16-27(30)7-2)40(38,39)28-20-18-24(4)19-21-28/h9-21,25,29H,6-8,22-23H2,1-5H3,(H,33,37)/t25-,29-/m0/s1. The molecule has 0 aliphatic heterocycles. The molecule has 214 valence electrons. The molecule has 7 nitrogen and oxygen atoms in total. The average molecular weight is 564 g/mol. The molecule has 3 aromatic rings. The molecule has 0 fully saturated rings. The summed E-state index contributed by atoms with van der Waals surface area (Å²) in [5.74, 6) is -0.695. The first-order valence-electron chi connectivity index (χ1n) is 13.9. The predicted octanol–water partition coefficient (Wildman–Crippen LogP) is 5.47. The highest BCUT2D eigenvalue weighted by Gasteiger charge is 2.34. The van der Waals surface area contributed by atoms with Crippen LogP contribution in [0.1, 0.15) is 57.2 Å². The van der Waals surface area contributed by atoms with Crippen LogP contribution in [-0.4, -0.2) is 43.8 Å². The summed E-state index contributed by atoms with van der Waals surface area (Å²) in [6.07, 6.45) is 1.73. The van der Waals surface area contributed by atoms with Gasteiger partial charge in [0.15, 0.2) is 0 Å². The van der Waals surface area contributed by atoms with Crippen molar-refractivity contribution in [1.82, 2.24) is 10.2 Å². The molecule has 2 atom stereocenters. The number of rotatable bonds is 13. The van der Waals surface area contributed by atoms with E-state index in [0.29, 0.717) is 18.5 Å². The Labute approximate surface area is 239 Å². The number of nitrogens with zero attached hydrogens (tertiary/aromatic N) is 2. The second-order valence-electron chi connectivity index (χ2n) is 10.1. The lowest BCUT2D eigenvalue weighted by Crippen LogP contribution is -2.53. The van der Waals surface area contributed by atoms with Crippen molar-refractivity contribution in [3.63, 3.8) is 0 Å². The number of benzene rings is 3. The molecule has 0 aromatic heterocycles. The fourth-order valence-corrected chi connectivity index (χ4v) is 6.00. The quantitative estimate of drug-likeness (QED) is 0.299. The number of hydrogen-bond donors (Lipinski definition) is 1. The smallest absolute Gasteiger partial charge is 0.264 e. The normalized spacial score (nSPS) is 12.8. The molecular formula is C32H41N3O4S. The van der Waals surface area contributed by atoms with Crippen molar-refractivity contribution in [2.24, 2.45) is 0 Å². The number of carbonyl (C=O) groups is 2. The van der Waals surface area contributed by atoms with Crippen LogP contribution in [0.5, 0.6) is 0 Å². The van der Waals surface area contributed by atoms with Crippen molar-refractivity contribution >= 4 is 27.5 Å². The minimum atomic E-state index is -4.10. The molecule has 3 aromatic carbocycles. The molecule has 8 heteroatoms. The number of nitrogens with one attached hydrogen (secondary N) is 1. The fraction of sp³-hybridized carbons (Fsp3) is 0.375. The highest BCUT2D eigenvalue weighted by molar-refractivity contribution is 7.92. The summed E-state index contributed by atoms with van der Waals surface area (Å²) in [4.78, 5) is 29.1. The third kappa shape index (κ3) is 7.50. The summed E-state index contributed by atoms with van der Waals surface area (Å²) >= 11 is 0. The highest BCUT2D eigenvalue weighted by Crippen LogP contribution is 2.28. The average Bonchev–Trinajstić information content (AvgIpc) is 2.96. The Kier molecular flexibility index (Phi) is 10.9. The van der Waals surface area contributed by atoms with E-state index in [1.807, 2.05) is 77.1 Å². The Hall–Kier alpha value is -3.65. The second-order valence-corrected chi connectivity index (χ2v) is 11.9. The summed E-state index contributed by atoms with van der Waals surface area (Å²) in [7, 11) is -4.10. The molecule has 3 rings (SSSR count). The summed E-state index contributed by atoms with van der Waals surface area (Å²) in [5.41, 5.74) is 3.05. The van der Waals surface area contributed by atoms with E-state index in [9.17, 15) is 18.0 Å². The first kappa shape index (κ1) is 30.9. The van der Waals surface area contributed by atoms with E-state index in [-0.39, 0.29) is 23.4 Å². The summed E-state index contributed by atoms with van der Waals surface area (Å²) < 4.78 is 29.3. The van der Waals surface area contributed by atoms with E-state index in [1.54, 1.807) is 36.4 Å². The van der Waals surface area contributed by atoms with Crippen molar-refractivity contribution in [3.8, 4) is 0 Å². The topological polar surface area (TPSA) is 86.8 Å². The van der Waals surface area contributed by atoms with E-state index in [1.165, 1.54) is 9.21 Å². The van der Waals surface area contributed by atoms with E-state index >= 15 is 0 Å². The van der Waals surface area contributed by atoms with Crippen molar-refractivity contribution in [1.29, 1.82) is 0 Å². The van der Waals surface area contributed by atoms with Crippen LogP contribution in [0.3, 0.4) is 0 Å². The summed E-state index contributed by atoms with van der Waals surface area (Å²) in [6, 6.07) is 22.5. The van der Waals surface area contributed by atoms with Gasteiger partial charge in [-0.05, 0) is 62.4 Å². The van der Waals surface area contributed by atoms with Gasteiger partial charge < -0.3 is 10.2 Å². The van der Waals surface area contributed by atoms with Gasteiger partial charge in [0.2, 0.25) is 11.8 Å². The fourth-order valence-electron chi connectivity index (χ4n) is 4.54. The summed E-state index contributed by atoms with van der Waals surface area (Å²) in [5, 5.41) is 3.00. The molecule has 2 amide bonds. The van der Waals surface area contributed by atoms with Crippen molar-refractivity contribution < 1.29 is 18.0 Å². The van der Waals surface area contributed by atoms with Crippen LogP contribution in [0.2, 0.25) is 0 Å². The Balaban J connectivity index is 2.08. The molecule has 0 aliphatic rings. The third-order valence-electron chi connectivity index (χ3n) is 7.11. The zero-order valence-corrected chi connectivity index (χ0v) is 24.9. The number of para-hydroxylation sites is 1. The number of anilines is 1. The van der Waals surface area contributed by atoms with E-state index in [4.69, 9.17) is 0 Å². The molecule has 40 heavy (non-hydrogen) atoms. The molecule has 0 heterocycles. The molecule has 0 radical (unpaired) electrons. The molecular weight excluding hydrogens is 522 g/mol. The lowest BCUT2D eigenvalue weighted by molar-refractivity contribution is -0.140. The van der Waals surface area contributed by atoms with E-state index in [2.05, 4.69) is 5.32 Å². The predicted molar refractivity (Wildman–Crippen MR) is 160 cm³/mol. The largest absolute Gasteiger partial charge is 0.352 e. The van der Waals surface area contributed by atoms with Crippen molar-refractivity contribution in [2.45, 2.75) is 77.4 Å². The lowest BCUT2D eigenvalue weighted by Gasteiger charge is -2.34. The number of sulfonamides is 1. The molecule has 0 spiro atoms. The minimum Gasteiger partial charge on any atom is -0.352 e. The molecule has 0 unspecified atom stereocenters. The second kappa shape index (κ2) is 14.1. The molecule has 0 aliphatic carbocycles. The van der Waals surface area contributed by atoms with Gasteiger partial charge in [0.05, 0.1) is 10.6 Å². The van der Waals surface area contributed by atoms with Gasteiger partial charge in [-0.25, -0.2) is 8.42 Å². The van der Waals surface area contributed by atoms with E-state index < -0.39 is 28.5 Å². The van der Waals surface area contributed by atoms with Crippen molar-refractivity contribution in [2.75, 3.05) is 10.8 Å². The van der Waals surface area contributed by atoms with Gasteiger partial charge in [-0.1, -0.05) is 87.0 Å². The van der Waals surface area contributed by atoms with Crippen LogP contribution in [0.25, 0.3) is 0 Å². The number of aryl methyl sites for hydroxylation is 2. The zero-order valence-electron chi connectivity index (χ0n) is 24.1. The van der Waals surface area contributed by atoms with Gasteiger partial charge in [0.1, 0.15) is 12.6 Å². The zero-order chi connectivity index (χ0) is 29.3. The van der Waals surface area contributed by atoms with Gasteiger partial charge in [0.25, 0.3) is 10.0 Å². The van der Waals surface area contributed by atoms with Crippen LogP contribution < -0.4 is 9.62 Å². The minimum absolute atomic E-state index is 0.0509. The maximum Gasteiger partial charge on any atom is 0.264 e. The Bertz CT molecular complexity index is 1370. The monoisotopic (exact) mass is 563 g/mol. The Morgan fingerprint density at radius 3 is 2.08 bits per heavy atom. The van der Waals surface area contributed by atoms with Gasteiger partial charge in [0, 0.05) is 12.6 Å². The maximum atomic E-state index is 14.2. The van der Waals surface area contributed by atoms with Crippen molar-refractivity contribution in [3.05, 3.63) is 95.6 Å². The van der Waals surface area contributed by atoms with Crippen LogP contribution >= 0.6 is 0 Å². The van der Waals surface area contributed by atoms with Crippen LogP contribution in [0.4, 0.5) is 5.69 Å². The van der Waals surface area contributed by atoms with Crippen LogP contribution in [0, 0.1) is 6.92 Å². The first-order valence-corrected chi connectivity index (χ1v) is 15.4. The van der Waals surface area contributed by atoms with Gasteiger partial charge in [-0.3, -0.25) is 13.9 Å². The number of amides is 2. The molecule has 0 bridgehead atoms. The Morgan fingerprint density at radius 1 is 0.850 bits per heavy atom. The van der Waals surface area contributed by atoms with Crippen LogP contribution in [0.15, 0.2) is 83.8 Å². The first-order chi connectivity index (χ1) is 19.1. The third-order valence-corrected chi connectivity index (χ3v) is 8.89. The maximum absolute atomic E-state index is 14.2. The van der Waals surface area contributed by atoms with Crippen LogP contribution in [-0.2, 0) is 32.6 Å². The molecule has 0 saturated carbocycles. The van der Waals surface area contributed by atoms with Gasteiger partial charge in [-0.15, -0.1) is 0 Å². The van der Waals surface area contributed by atoms with Gasteiger partial charge in [-0.2, -0.15) is 0 Å². The van der Waals surface area contributed by atoms with Gasteiger partial charge >= 0.3 is 0 Å². The lowest BCUT2D eigenvalue weighted by atomic mass is 10.1. The molecule has 1 N–H and O–H groups in total.